The Bertz CT molecular complexity index is 848. The van der Waals surface area contributed by atoms with Crippen molar-refractivity contribution in [2.45, 2.75) is 0 Å². The number of hydrogen-bond acceptors (Lipinski definition) is 6. The Labute approximate surface area is 103 Å². The van der Waals surface area contributed by atoms with Gasteiger partial charge in [-0.1, -0.05) is 12.1 Å². The van der Waals surface area contributed by atoms with Crippen LogP contribution in [0.5, 0.6) is 5.75 Å². The van der Waals surface area contributed by atoms with Gasteiger partial charge >= 0.3 is 11.3 Å². The zero-order valence-electron chi connectivity index (χ0n) is 8.75. The van der Waals surface area contributed by atoms with Crippen molar-refractivity contribution in [1.82, 2.24) is 0 Å². The van der Waals surface area contributed by atoms with Crippen LogP contribution in [0.4, 0.5) is 5.69 Å². The summed E-state index contributed by atoms with van der Waals surface area (Å²) in [6.07, 6.45) is 0. The molecule has 1 N–H and O–H groups in total. The molecule has 0 bridgehead atoms. The van der Waals surface area contributed by atoms with Crippen LogP contribution < -0.4 is 5.63 Å². The summed E-state index contributed by atoms with van der Waals surface area (Å²) in [5.74, 6) is -0.632. The first-order chi connectivity index (χ1) is 8.59. The topological polar surface area (TPSA) is 93.6 Å². The van der Waals surface area contributed by atoms with Gasteiger partial charge in [-0.2, -0.15) is 0 Å². The van der Waals surface area contributed by atoms with Crippen LogP contribution in [0.1, 0.15) is 0 Å². The van der Waals surface area contributed by atoms with Gasteiger partial charge < -0.3 is 9.52 Å². The first-order valence-corrected chi connectivity index (χ1v) is 5.73. The molecule has 2 heterocycles. The number of fused-ring (bicyclic) bond motifs is 3. The summed E-state index contributed by atoms with van der Waals surface area (Å²) in [6, 6.07) is 7.06. The number of thiophene rings is 1. The van der Waals surface area contributed by atoms with E-state index in [9.17, 15) is 20.0 Å². The minimum atomic E-state index is -1.14. The van der Waals surface area contributed by atoms with Gasteiger partial charge in [-0.15, -0.1) is 11.3 Å². The highest BCUT2D eigenvalue weighted by Gasteiger charge is 2.26. The van der Waals surface area contributed by atoms with Gasteiger partial charge in [-0.25, -0.2) is 4.79 Å². The third-order valence-electron chi connectivity index (χ3n) is 2.56. The van der Waals surface area contributed by atoms with Gasteiger partial charge in [0.1, 0.15) is 4.70 Å². The van der Waals surface area contributed by atoms with Crippen molar-refractivity contribution in [1.29, 1.82) is 0 Å². The first kappa shape index (κ1) is 10.7. The van der Waals surface area contributed by atoms with Gasteiger partial charge in [0, 0.05) is 10.1 Å². The highest BCUT2D eigenvalue weighted by atomic mass is 32.1. The number of nitro groups is 1. The standard InChI is InChI=1S/C11H5NO5S/c13-8-7(12(15)16)11(14)17-9-5-3-1-2-4-6(5)18-10(8)9/h1-4,13H. The quantitative estimate of drug-likeness (QED) is 0.538. The van der Waals surface area contributed by atoms with E-state index in [2.05, 4.69) is 0 Å². The van der Waals surface area contributed by atoms with Crippen molar-refractivity contribution in [2.75, 3.05) is 0 Å². The molecule has 0 atom stereocenters. The van der Waals surface area contributed by atoms with E-state index in [-0.39, 0.29) is 10.3 Å². The number of rotatable bonds is 1. The molecule has 0 aliphatic heterocycles. The molecule has 0 aliphatic carbocycles. The fourth-order valence-corrected chi connectivity index (χ4v) is 2.86. The molecule has 0 saturated carbocycles. The Hall–Kier alpha value is -2.41. The summed E-state index contributed by atoms with van der Waals surface area (Å²) in [5, 5.41) is 21.2. The predicted octanol–water partition coefficient (Wildman–Crippen LogP) is 2.62. The third kappa shape index (κ3) is 1.31. The van der Waals surface area contributed by atoms with Crippen LogP contribution in [0.15, 0.2) is 33.5 Å². The van der Waals surface area contributed by atoms with E-state index in [1.54, 1.807) is 24.3 Å². The molecular weight excluding hydrogens is 258 g/mol. The van der Waals surface area contributed by atoms with Crippen molar-refractivity contribution >= 4 is 37.4 Å². The average molecular weight is 263 g/mol. The molecule has 3 rings (SSSR count). The molecule has 0 amide bonds. The second-order valence-electron chi connectivity index (χ2n) is 3.60. The van der Waals surface area contributed by atoms with E-state index < -0.39 is 22.0 Å². The van der Waals surface area contributed by atoms with Crippen LogP contribution in [-0.2, 0) is 0 Å². The van der Waals surface area contributed by atoms with E-state index in [0.29, 0.717) is 5.39 Å². The largest absolute Gasteiger partial charge is 0.501 e. The van der Waals surface area contributed by atoms with Gasteiger partial charge in [0.2, 0.25) is 5.75 Å². The molecule has 0 aliphatic rings. The van der Waals surface area contributed by atoms with Gasteiger partial charge in [-0.05, 0) is 12.1 Å². The highest BCUT2D eigenvalue weighted by molar-refractivity contribution is 7.26. The fourth-order valence-electron chi connectivity index (χ4n) is 1.79. The van der Waals surface area contributed by atoms with Crippen molar-refractivity contribution in [2.24, 2.45) is 0 Å². The molecule has 90 valence electrons. The zero-order valence-corrected chi connectivity index (χ0v) is 9.56. The monoisotopic (exact) mass is 263 g/mol. The number of aromatic hydroxyl groups is 1. The summed E-state index contributed by atoms with van der Waals surface area (Å²) in [6.45, 7) is 0. The molecule has 7 heteroatoms. The van der Waals surface area contributed by atoms with Crippen molar-refractivity contribution in [3.05, 3.63) is 44.8 Å². The third-order valence-corrected chi connectivity index (χ3v) is 3.72. The smallest absolute Gasteiger partial charge is 0.419 e. The number of nitrogens with zero attached hydrogens (tertiary/aromatic N) is 1. The van der Waals surface area contributed by atoms with Crippen LogP contribution in [0.25, 0.3) is 20.4 Å². The summed E-state index contributed by atoms with van der Waals surface area (Å²) >= 11 is 1.14. The van der Waals surface area contributed by atoms with Gasteiger partial charge in [0.25, 0.3) is 0 Å². The lowest BCUT2D eigenvalue weighted by atomic mass is 10.2. The zero-order chi connectivity index (χ0) is 12.9. The van der Waals surface area contributed by atoms with Crippen LogP contribution >= 0.6 is 11.3 Å². The Balaban J connectivity index is 2.58. The lowest BCUT2D eigenvalue weighted by molar-refractivity contribution is -0.388. The number of benzene rings is 1. The van der Waals surface area contributed by atoms with E-state index in [1.807, 2.05) is 0 Å². The minimum absolute atomic E-state index is 0.184. The van der Waals surface area contributed by atoms with Crippen molar-refractivity contribution < 1.29 is 14.4 Å². The average Bonchev–Trinajstić information content (AvgIpc) is 2.68. The molecule has 1 aromatic carbocycles. The summed E-state index contributed by atoms with van der Waals surface area (Å²) < 4.78 is 5.94. The van der Waals surface area contributed by atoms with Crippen LogP contribution in [-0.4, -0.2) is 10.0 Å². The lowest BCUT2D eigenvalue weighted by Crippen LogP contribution is -2.06. The van der Waals surface area contributed by atoms with Crippen molar-refractivity contribution in [3.63, 3.8) is 0 Å². The van der Waals surface area contributed by atoms with Crippen LogP contribution in [0.2, 0.25) is 0 Å². The summed E-state index contributed by atoms with van der Waals surface area (Å²) in [5.41, 5.74) is -1.88. The minimum Gasteiger partial charge on any atom is -0.501 e. The maximum absolute atomic E-state index is 11.5. The molecule has 2 aromatic heterocycles. The Morgan fingerprint density at radius 2 is 2.06 bits per heavy atom. The van der Waals surface area contributed by atoms with Crippen LogP contribution in [0, 0.1) is 10.1 Å². The second kappa shape index (κ2) is 3.54. The molecule has 18 heavy (non-hydrogen) atoms. The molecule has 0 fully saturated rings. The Morgan fingerprint density at radius 3 is 2.78 bits per heavy atom. The maximum Gasteiger partial charge on any atom is 0.419 e. The highest BCUT2D eigenvalue weighted by Crippen LogP contribution is 2.41. The summed E-state index contributed by atoms with van der Waals surface area (Å²) in [4.78, 5) is 21.2. The van der Waals surface area contributed by atoms with Crippen LogP contribution in [0.3, 0.4) is 0 Å². The van der Waals surface area contributed by atoms with Gasteiger partial charge in [-0.3, -0.25) is 10.1 Å². The molecular formula is C11H5NO5S. The lowest BCUT2D eigenvalue weighted by Gasteiger charge is -1.95. The predicted molar refractivity (Wildman–Crippen MR) is 66.2 cm³/mol. The molecule has 0 unspecified atom stereocenters. The van der Waals surface area contributed by atoms with E-state index in [0.717, 1.165) is 16.0 Å². The Morgan fingerprint density at radius 1 is 1.33 bits per heavy atom. The van der Waals surface area contributed by atoms with E-state index >= 15 is 0 Å². The normalized spacial score (nSPS) is 11.1. The van der Waals surface area contributed by atoms with E-state index in [4.69, 9.17) is 4.42 Å². The molecule has 0 spiro atoms. The molecule has 6 nitrogen and oxygen atoms in total. The van der Waals surface area contributed by atoms with Gasteiger partial charge in [0.05, 0.1) is 4.92 Å². The Kier molecular flexibility index (Phi) is 2.11. The summed E-state index contributed by atoms with van der Waals surface area (Å²) in [7, 11) is 0. The van der Waals surface area contributed by atoms with E-state index in [1.165, 1.54) is 0 Å². The first-order valence-electron chi connectivity index (χ1n) is 4.91. The molecule has 0 radical (unpaired) electrons. The number of hydrogen-bond donors (Lipinski definition) is 1. The SMILES string of the molecule is O=c1oc2c(sc3ccccc32)c(O)c1[N+](=O)[O-]. The molecule has 0 saturated heterocycles. The van der Waals surface area contributed by atoms with Crippen molar-refractivity contribution in [3.8, 4) is 5.75 Å². The van der Waals surface area contributed by atoms with Gasteiger partial charge in [0.15, 0.2) is 5.58 Å². The fraction of sp³-hybridized carbons (Fsp3) is 0. The maximum atomic E-state index is 11.5. The molecule has 3 aromatic rings. The second-order valence-corrected chi connectivity index (χ2v) is 4.65.